The van der Waals surface area contributed by atoms with Crippen LogP contribution >= 0.6 is 0 Å². The van der Waals surface area contributed by atoms with Crippen molar-refractivity contribution in [2.45, 2.75) is 57.9 Å². The largest absolute Gasteiger partial charge is 0.449 e. The highest BCUT2D eigenvalue weighted by molar-refractivity contribution is 5.86. The predicted molar refractivity (Wildman–Crippen MR) is 163 cm³/mol. The summed E-state index contributed by atoms with van der Waals surface area (Å²) in [6.45, 7) is 5.53. The molecule has 0 spiro atoms. The van der Waals surface area contributed by atoms with Crippen LogP contribution in [0.2, 0.25) is 0 Å². The molecule has 0 fully saturated rings. The molecule has 1 aliphatic rings. The molecule has 0 aliphatic heterocycles. The van der Waals surface area contributed by atoms with Crippen LogP contribution in [0.3, 0.4) is 0 Å². The number of hydrogen-bond donors (Lipinski definition) is 4. The highest BCUT2D eigenvalue weighted by Gasteiger charge is 2.30. The Balaban J connectivity index is 1.42. The van der Waals surface area contributed by atoms with E-state index in [0.29, 0.717) is 6.42 Å². The molecule has 4 N–H and O–H groups in total. The van der Waals surface area contributed by atoms with Gasteiger partial charge in [0.2, 0.25) is 12.0 Å². The van der Waals surface area contributed by atoms with Crippen LogP contribution in [0.15, 0.2) is 83.9 Å². The van der Waals surface area contributed by atoms with Crippen molar-refractivity contribution in [3.05, 3.63) is 95.6 Å². The lowest BCUT2D eigenvalue weighted by Crippen LogP contribution is -2.57. The quantitative estimate of drug-likeness (QED) is 0.140. The van der Waals surface area contributed by atoms with Gasteiger partial charge in [-0.15, -0.1) is 0 Å². The van der Waals surface area contributed by atoms with Crippen LogP contribution in [0, 0.1) is 5.92 Å². The molecule has 10 nitrogen and oxygen atoms in total. The van der Waals surface area contributed by atoms with Gasteiger partial charge in [-0.1, -0.05) is 92.7 Å². The molecule has 3 aromatic rings. The maximum atomic E-state index is 13.5. The van der Waals surface area contributed by atoms with E-state index in [0.717, 1.165) is 27.8 Å². The topological polar surface area (TPSA) is 138 Å². The third kappa shape index (κ3) is 8.53. The normalized spacial score (nSPS) is 13.9. The van der Waals surface area contributed by atoms with E-state index >= 15 is 0 Å². The van der Waals surface area contributed by atoms with E-state index in [2.05, 4.69) is 38.4 Å². The lowest BCUT2D eigenvalue weighted by molar-refractivity contribution is -0.124. The molecule has 10 heteroatoms. The second-order valence-electron chi connectivity index (χ2n) is 10.9. The first kappa shape index (κ1) is 31.0. The van der Waals surface area contributed by atoms with Gasteiger partial charge in [0.25, 0.3) is 0 Å². The monoisotopic (exact) mass is 583 g/mol. The van der Waals surface area contributed by atoms with Crippen LogP contribution in [0.25, 0.3) is 11.1 Å². The van der Waals surface area contributed by atoms with Crippen LogP contribution in [0.1, 0.15) is 49.8 Å². The predicted octanol–water partition coefficient (Wildman–Crippen LogP) is 4.61. The van der Waals surface area contributed by atoms with Gasteiger partial charge in [-0.2, -0.15) is 4.99 Å². The van der Waals surface area contributed by atoms with Gasteiger partial charge >= 0.3 is 12.1 Å². The second kappa shape index (κ2) is 14.8. The molecule has 0 saturated carbocycles. The number of amides is 4. The summed E-state index contributed by atoms with van der Waals surface area (Å²) in [4.78, 5) is 53.1. The van der Waals surface area contributed by atoms with Crippen LogP contribution in [-0.2, 0) is 20.7 Å². The van der Waals surface area contributed by atoms with Crippen molar-refractivity contribution in [2.75, 3.05) is 6.61 Å². The highest BCUT2D eigenvalue weighted by Crippen LogP contribution is 2.44. The van der Waals surface area contributed by atoms with Gasteiger partial charge in [-0.25, -0.2) is 14.4 Å². The van der Waals surface area contributed by atoms with E-state index in [1.807, 2.05) is 80.6 Å². The van der Waals surface area contributed by atoms with Crippen molar-refractivity contribution < 1.29 is 23.9 Å². The third-order valence-corrected chi connectivity index (χ3v) is 7.15. The Hall–Kier alpha value is -4.95. The summed E-state index contributed by atoms with van der Waals surface area (Å²) in [5, 5.41) is 10.8. The lowest BCUT2D eigenvalue weighted by atomic mass is 9.98. The first-order valence-corrected chi connectivity index (χ1v) is 14.3. The summed E-state index contributed by atoms with van der Waals surface area (Å²) in [5.41, 5.74) is 5.30. The van der Waals surface area contributed by atoms with Crippen molar-refractivity contribution in [3.63, 3.8) is 0 Å². The highest BCUT2D eigenvalue weighted by atomic mass is 16.5. The number of aliphatic imine (C=N–C) groups is 1. The average Bonchev–Trinajstić information content (AvgIpc) is 3.29. The number of hydrogen-bond acceptors (Lipinski definition) is 6. The van der Waals surface area contributed by atoms with Gasteiger partial charge in [0.15, 0.2) is 0 Å². The molecule has 0 bridgehead atoms. The fourth-order valence-electron chi connectivity index (χ4n) is 5.25. The van der Waals surface area contributed by atoms with E-state index in [4.69, 9.17) is 4.74 Å². The maximum absolute atomic E-state index is 13.5. The van der Waals surface area contributed by atoms with E-state index < -0.39 is 36.4 Å². The van der Waals surface area contributed by atoms with Gasteiger partial charge in [0, 0.05) is 12.3 Å². The van der Waals surface area contributed by atoms with Crippen molar-refractivity contribution in [3.8, 4) is 11.1 Å². The number of carbonyl (C=O) groups excluding carboxylic acids is 4. The molecular weight excluding hydrogens is 546 g/mol. The number of nitrogens with zero attached hydrogens (tertiary/aromatic N) is 1. The molecule has 0 unspecified atom stereocenters. The van der Waals surface area contributed by atoms with E-state index in [1.54, 1.807) is 0 Å². The van der Waals surface area contributed by atoms with Gasteiger partial charge in [-0.3, -0.25) is 4.79 Å². The number of nitrogens with one attached hydrogen (secondary N) is 4. The SMILES string of the molecule is CC(C)C[C@H](NC(=O)OCC1c2ccccc2-c2ccccc21)C(=O)N[C@H](Cc1ccccc1)NC(=O)N[C@@H](C)N=C=O. The molecule has 0 saturated heterocycles. The Morgan fingerprint density at radius 1 is 0.814 bits per heavy atom. The Kier molecular flexibility index (Phi) is 10.7. The molecule has 0 radical (unpaired) electrons. The first-order valence-electron chi connectivity index (χ1n) is 14.3. The Bertz CT molecular complexity index is 1430. The minimum absolute atomic E-state index is 0.0792. The molecule has 43 heavy (non-hydrogen) atoms. The maximum Gasteiger partial charge on any atom is 0.407 e. The molecule has 0 aromatic heterocycles. The minimum Gasteiger partial charge on any atom is -0.449 e. The van der Waals surface area contributed by atoms with Crippen LogP contribution in [0.5, 0.6) is 0 Å². The summed E-state index contributed by atoms with van der Waals surface area (Å²) in [7, 11) is 0. The Morgan fingerprint density at radius 3 is 2.02 bits per heavy atom. The van der Waals surface area contributed by atoms with Gasteiger partial charge in [-0.05, 0) is 47.1 Å². The number of benzene rings is 3. The van der Waals surface area contributed by atoms with Crippen molar-refractivity contribution in [1.82, 2.24) is 21.3 Å². The second-order valence-corrected chi connectivity index (χ2v) is 10.9. The summed E-state index contributed by atoms with van der Waals surface area (Å²) in [6, 6.07) is 23.9. The molecule has 4 amide bonds. The van der Waals surface area contributed by atoms with Gasteiger partial charge < -0.3 is 26.0 Å². The standard InChI is InChI=1S/C33H37N5O5/c1-21(2)17-29(31(40)37-30(18-23-11-5-4-6-12-23)38-32(41)35-22(3)34-20-39)36-33(42)43-19-28-26-15-9-7-13-24(26)25-14-8-10-16-27(25)28/h4-16,21-22,28-30H,17-19H2,1-3H3,(H,36,42)(H,37,40)(H2,35,38,41)/t22-,29-,30-/m0/s1. The van der Waals surface area contributed by atoms with E-state index in [9.17, 15) is 19.2 Å². The number of alkyl carbamates (subject to hydrolysis) is 1. The molecule has 1 aliphatic carbocycles. The minimum atomic E-state index is -0.905. The summed E-state index contributed by atoms with van der Waals surface area (Å²) < 4.78 is 5.68. The zero-order chi connectivity index (χ0) is 30.8. The zero-order valence-electron chi connectivity index (χ0n) is 24.5. The first-order chi connectivity index (χ1) is 20.7. The zero-order valence-corrected chi connectivity index (χ0v) is 24.5. The Morgan fingerprint density at radius 2 is 1.42 bits per heavy atom. The third-order valence-electron chi connectivity index (χ3n) is 7.15. The number of urea groups is 1. The number of carbonyl (C=O) groups is 3. The number of fused-ring (bicyclic) bond motifs is 3. The van der Waals surface area contributed by atoms with Crippen molar-refractivity contribution >= 4 is 24.1 Å². The average molecular weight is 584 g/mol. The van der Waals surface area contributed by atoms with Crippen LogP contribution in [-0.4, -0.2) is 49.1 Å². The molecule has 4 rings (SSSR count). The van der Waals surface area contributed by atoms with E-state index in [-0.39, 0.29) is 24.9 Å². The number of ether oxygens (including phenoxy) is 1. The molecule has 224 valence electrons. The van der Waals surface area contributed by atoms with Gasteiger partial charge in [0.05, 0.1) is 0 Å². The van der Waals surface area contributed by atoms with Gasteiger partial charge in [0.1, 0.15) is 25.0 Å². The van der Waals surface area contributed by atoms with Crippen molar-refractivity contribution in [1.29, 1.82) is 0 Å². The molecule has 0 heterocycles. The summed E-state index contributed by atoms with van der Waals surface area (Å²) in [5.74, 6) is -0.502. The molecular formula is C33H37N5O5. The fraction of sp³-hybridized carbons (Fsp3) is 0.333. The molecule has 3 atom stereocenters. The summed E-state index contributed by atoms with van der Waals surface area (Å²) >= 11 is 0. The van der Waals surface area contributed by atoms with Crippen LogP contribution in [0.4, 0.5) is 9.59 Å². The fourth-order valence-corrected chi connectivity index (χ4v) is 5.25. The lowest BCUT2D eigenvalue weighted by Gasteiger charge is -2.26. The summed E-state index contributed by atoms with van der Waals surface area (Å²) in [6.07, 6.45) is -0.282. The Labute approximate surface area is 251 Å². The number of isocyanates is 1. The van der Waals surface area contributed by atoms with E-state index in [1.165, 1.54) is 13.0 Å². The molecule has 3 aromatic carbocycles. The van der Waals surface area contributed by atoms with Crippen LogP contribution < -0.4 is 21.3 Å². The smallest absolute Gasteiger partial charge is 0.407 e. The number of rotatable bonds is 12. The van der Waals surface area contributed by atoms with Crippen molar-refractivity contribution in [2.24, 2.45) is 10.9 Å².